The van der Waals surface area contributed by atoms with Gasteiger partial charge in [-0.05, 0) is 36.2 Å². The van der Waals surface area contributed by atoms with Gasteiger partial charge in [0.2, 0.25) is 0 Å². The third-order valence-electron chi connectivity index (χ3n) is 6.44. The number of carbonyl (C=O) groups is 1. The molecule has 178 valence electrons. The minimum atomic E-state index is -1.94. The zero-order valence-electron chi connectivity index (χ0n) is 20.8. The predicted molar refractivity (Wildman–Crippen MR) is 134 cm³/mol. The van der Waals surface area contributed by atoms with Gasteiger partial charge in [0.15, 0.2) is 8.32 Å². The highest BCUT2D eigenvalue weighted by molar-refractivity contribution is 6.74. The Balaban J connectivity index is 2.46. The third kappa shape index (κ3) is 6.93. The fourth-order valence-electron chi connectivity index (χ4n) is 3.28. The Hall–Kier alpha value is -1.63. The number of hydrogen-bond acceptors (Lipinski definition) is 4. The molecule has 0 aliphatic heterocycles. The van der Waals surface area contributed by atoms with Crippen molar-refractivity contribution >= 4 is 25.9 Å². The summed E-state index contributed by atoms with van der Waals surface area (Å²) >= 11 is 6.48. The molecule has 2 rings (SSSR count). The van der Waals surface area contributed by atoms with Gasteiger partial charge in [-0.1, -0.05) is 63.9 Å². The molecule has 0 radical (unpaired) electrons. The van der Waals surface area contributed by atoms with Gasteiger partial charge in [0, 0.05) is 23.6 Å². The van der Waals surface area contributed by atoms with Crippen molar-refractivity contribution in [1.82, 2.24) is 9.55 Å². The summed E-state index contributed by atoms with van der Waals surface area (Å²) in [4.78, 5) is 17.0. The minimum Gasteiger partial charge on any atom is -0.469 e. The van der Waals surface area contributed by atoms with Crippen LogP contribution >= 0.6 is 11.6 Å². The maximum atomic E-state index is 12.0. The molecule has 5 nitrogen and oxygen atoms in total. The summed E-state index contributed by atoms with van der Waals surface area (Å²) in [5.41, 5.74) is 3.01. The summed E-state index contributed by atoms with van der Waals surface area (Å²) in [5.74, 6) is 0.808. The molecule has 0 atom stereocenters. The number of ether oxygens (including phenoxy) is 1. The van der Waals surface area contributed by atoms with Crippen LogP contribution in [-0.4, -0.2) is 30.9 Å². The van der Waals surface area contributed by atoms with E-state index in [1.165, 1.54) is 7.11 Å². The molecule has 0 bridgehead atoms. The number of benzene rings is 1. The molecule has 0 aliphatic rings. The Kier molecular flexibility index (Phi) is 9.55. The van der Waals surface area contributed by atoms with Crippen molar-refractivity contribution in [3.8, 4) is 0 Å². The Bertz CT molecular complexity index is 903. The first-order chi connectivity index (χ1) is 15.0. The van der Waals surface area contributed by atoms with Crippen LogP contribution in [-0.2, 0) is 40.0 Å². The van der Waals surface area contributed by atoms with E-state index < -0.39 is 8.32 Å². The molecule has 0 aliphatic carbocycles. The summed E-state index contributed by atoms with van der Waals surface area (Å²) in [6.45, 7) is 14.5. The topological polar surface area (TPSA) is 53.4 Å². The predicted octanol–water partition coefficient (Wildman–Crippen LogP) is 6.55. The van der Waals surface area contributed by atoms with Gasteiger partial charge in [-0.15, -0.1) is 0 Å². The van der Waals surface area contributed by atoms with Crippen LogP contribution in [0, 0.1) is 0 Å². The lowest BCUT2D eigenvalue weighted by molar-refractivity contribution is -0.140. The molecule has 32 heavy (non-hydrogen) atoms. The van der Waals surface area contributed by atoms with E-state index in [1.807, 2.05) is 24.3 Å². The fraction of sp³-hybridized carbons (Fsp3) is 0.600. The van der Waals surface area contributed by atoms with E-state index in [1.54, 1.807) is 0 Å². The molecule has 0 spiro atoms. The number of rotatable bonds is 11. The number of methoxy groups -OCH3 is 1. The minimum absolute atomic E-state index is 0.115. The average Bonchev–Trinajstić information content (AvgIpc) is 3.06. The van der Waals surface area contributed by atoms with Crippen molar-refractivity contribution in [3.05, 3.63) is 52.1 Å². The highest BCUT2D eigenvalue weighted by Gasteiger charge is 2.37. The Morgan fingerprint density at radius 1 is 1.19 bits per heavy atom. The van der Waals surface area contributed by atoms with Crippen molar-refractivity contribution in [3.63, 3.8) is 0 Å². The van der Waals surface area contributed by atoms with Crippen LogP contribution in [0.3, 0.4) is 0 Å². The maximum Gasteiger partial charge on any atom is 0.305 e. The standard InChI is InChI=1S/C25H39ClN2O3Si/c1-8-9-14-23-27-21(18-31-32(6,7)25(2,3)4)22(15-16-24(29)30-5)28(23)17-19-12-10-11-13-20(19)26/h10-13H,8-9,14-18H2,1-7H3. The van der Waals surface area contributed by atoms with E-state index in [-0.39, 0.29) is 11.0 Å². The highest BCUT2D eigenvalue weighted by atomic mass is 35.5. The summed E-state index contributed by atoms with van der Waals surface area (Å²) in [7, 11) is -0.513. The van der Waals surface area contributed by atoms with E-state index in [0.717, 1.165) is 47.1 Å². The molecule has 7 heteroatoms. The molecule has 0 saturated heterocycles. The number of imidazole rings is 1. The Labute approximate surface area is 199 Å². The van der Waals surface area contributed by atoms with Crippen molar-refractivity contribution < 1.29 is 14.0 Å². The molecule has 0 fully saturated rings. The van der Waals surface area contributed by atoms with E-state index in [9.17, 15) is 4.79 Å². The van der Waals surface area contributed by atoms with Gasteiger partial charge in [0.25, 0.3) is 0 Å². The summed E-state index contributed by atoms with van der Waals surface area (Å²) in [6.07, 6.45) is 3.90. The fourth-order valence-corrected chi connectivity index (χ4v) is 4.41. The molecule has 0 N–H and O–H groups in total. The van der Waals surface area contributed by atoms with Gasteiger partial charge < -0.3 is 13.7 Å². The SMILES string of the molecule is CCCCc1nc(CO[Si](C)(C)C(C)(C)C)c(CCC(=O)OC)n1Cc1ccccc1Cl. The zero-order chi connectivity index (χ0) is 23.9. The second-order valence-corrected chi connectivity index (χ2v) is 15.0. The quantitative estimate of drug-likeness (QED) is 0.271. The molecule has 0 unspecified atom stereocenters. The lowest BCUT2D eigenvalue weighted by Gasteiger charge is -2.36. The van der Waals surface area contributed by atoms with Crippen LogP contribution in [0.4, 0.5) is 0 Å². The van der Waals surface area contributed by atoms with Gasteiger partial charge in [-0.2, -0.15) is 0 Å². The number of esters is 1. The number of aromatic nitrogens is 2. The van der Waals surface area contributed by atoms with E-state index in [2.05, 4.69) is 45.4 Å². The van der Waals surface area contributed by atoms with Crippen molar-refractivity contribution in [1.29, 1.82) is 0 Å². The van der Waals surface area contributed by atoms with Gasteiger partial charge in [0.1, 0.15) is 5.82 Å². The summed E-state index contributed by atoms with van der Waals surface area (Å²) in [6, 6.07) is 7.89. The highest BCUT2D eigenvalue weighted by Crippen LogP contribution is 2.37. The average molecular weight is 479 g/mol. The zero-order valence-corrected chi connectivity index (χ0v) is 22.5. The van der Waals surface area contributed by atoms with Gasteiger partial charge in [0.05, 0.1) is 32.4 Å². The van der Waals surface area contributed by atoms with Crippen LogP contribution in [0.1, 0.15) is 69.7 Å². The Morgan fingerprint density at radius 3 is 2.47 bits per heavy atom. The number of nitrogens with zero attached hydrogens (tertiary/aromatic N) is 2. The number of aryl methyl sites for hydroxylation is 1. The van der Waals surface area contributed by atoms with Crippen molar-refractivity contribution in [2.75, 3.05) is 7.11 Å². The van der Waals surface area contributed by atoms with Crippen LogP contribution < -0.4 is 0 Å². The van der Waals surface area contributed by atoms with Gasteiger partial charge >= 0.3 is 5.97 Å². The molecule has 0 amide bonds. The first-order valence-corrected chi connectivity index (χ1v) is 14.8. The van der Waals surface area contributed by atoms with Crippen LogP contribution in [0.15, 0.2) is 24.3 Å². The Morgan fingerprint density at radius 2 is 1.88 bits per heavy atom. The van der Waals surface area contributed by atoms with Crippen molar-refractivity contribution in [2.45, 2.75) is 91.1 Å². The van der Waals surface area contributed by atoms with E-state index in [4.69, 9.17) is 25.7 Å². The molecule has 2 aromatic rings. The second-order valence-electron chi connectivity index (χ2n) is 9.83. The first-order valence-electron chi connectivity index (χ1n) is 11.5. The largest absolute Gasteiger partial charge is 0.469 e. The normalized spacial score (nSPS) is 12.2. The first kappa shape index (κ1) is 26.6. The van der Waals surface area contributed by atoms with Gasteiger partial charge in [-0.3, -0.25) is 4.79 Å². The summed E-state index contributed by atoms with van der Waals surface area (Å²) in [5, 5.41) is 0.852. The van der Waals surface area contributed by atoms with Gasteiger partial charge in [-0.25, -0.2) is 4.98 Å². The molecular weight excluding hydrogens is 440 g/mol. The van der Waals surface area contributed by atoms with E-state index >= 15 is 0 Å². The number of unbranched alkanes of at least 4 members (excludes halogenated alkanes) is 1. The van der Waals surface area contributed by atoms with Crippen LogP contribution in [0.5, 0.6) is 0 Å². The smallest absolute Gasteiger partial charge is 0.305 e. The molecule has 1 aromatic carbocycles. The third-order valence-corrected chi connectivity index (χ3v) is 11.3. The van der Waals surface area contributed by atoms with Crippen LogP contribution in [0.2, 0.25) is 23.2 Å². The second kappa shape index (κ2) is 11.5. The summed E-state index contributed by atoms with van der Waals surface area (Å²) < 4.78 is 13.7. The van der Waals surface area contributed by atoms with Crippen molar-refractivity contribution in [2.24, 2.45) is 0 Å². The molecule has 1 aromatic heterocycles. The lowest BCUT2D eigenvalue weighted by atomic mass is 10.1. The number of hydrogen-bond donors (Lipinski definition) is 0. The molecule has 0 saturated carbocycles. The molecular formula is C25H39ClN2O3Si. The number of carbonyl (C=O) groups excluding carboxylic acids is 1. The monoisotopic (exact) mass is 478 g/mol. The number of halogens is 1. The molecule has 1 heterocycles. The maximum absolute atomic E-state index is 12.0. The van der Waals surface area contributed by atoms with E-state index in [0.29, 0.717) is 26.0 Å². The van der Waals surface area contributed by atoms with Crippen LogP contribution in [0.25, 0.3) is 0 Å². The lowest BCUT2D eigenvalue weighted by Crippen LogP contribution is -2.40.